The Morgan fingerprint density at radius 2 is 1.54 bits per heavy atom. The maximum atomic E-state index is 10.7. The number of aromatic amines is 1. The summed E-state index contributed by atoms with van der Waals surface area (Å²) in [6.45, 7) is 3.36. The van der Waals surface area contributed by atoms with E-state index in [1.807, 2.05) is 24.3 Å². The predicted octanol–water partition coefficient (Wildman–Crippen LogP) is 5.78. The van der Waals surface area contributed by atoms with E-state index in [0.29, 0.717) is 5.82 Å². The second-order valence-electron chi connectivity index (χ2n) is 8.84. The smallest absolute Gasteiger partial charge is 0.152 e. The van der Waals surface area contributed by atoms with Crippen LogP contribution in [0.4, 0.5) is 0 Å². The number of rotatable bonds is 6. The van der Waals surface area contributed by atoms with Crippen molar-refractivity contribution in [3.8, 4) is 6.07 Å². The number of hydrogen-bond donors (Lipinski definition) is 2. The molecule has 1 fully saturated rings. The number of aliphatic hydroxyl groups excluding tert-OH is 1. The Hall–Kier alpha value is -3.64. The van der Waals surface area contributed by atoms with Crippen molar-refractivity contribution in [2.24, 2.45) is 0 Å². The maximum absolute atomic E-state index is 10.7. The van der Waals surface area contributed by atoms with Crippen molar-refractivity contribution >= 4 is 44.9 Å². The minimum atomic E-state index is -0.0271. The minimum Gasteiger partial charge on any atom is -0.510 e. The molecule has 0 aliphatic carbocycles. The van der Waals surface area contributed by atoms with Gasteiger partial charge in [0.1, 0.15) is 21.7 Å². The Kier molecular flexibility index (Phi) is 7.85. The number of piperazine rings is 1. The zero-order chi connectivity index (χ0) is 25.6. The number of thiocarbonyl (C=S) groups is 1. The first-order valence-electron chi connectivity index (χ1n) is 12.2. The van der Waals surface area contributed by atoms with E-state index in [1.165, 1.54) is 22.9 Å². The van der Waals surface area contributed by atoms with Gasteiger partial charge in [-0.1, -0.05) is 96.8 Å². The third-order valence-corrected chi connectivity index (χ3v) is 8.06. The molecule has 0 bridgehead atoms. The van der Waals surface area contributed by atoms with Gasteiger partial charge in [0.25, 0.3) is 0 Å². The molecule has 37 heavy (non-hydrogen) atoms. The first-order chi connectivity index (χ1) is 18.1. The monoisotopic (exact) mass is 525 g/mol. The molecule has 1 aliphatic rings. The summed E-state index contributed by atoms with van der Waals surface area (Å²) in [4.78, 5) is 12.2. The third kappa shape index (κ3) is 5.70. The van der Waals surface area contributed by atoms with Gasteiger partial charge in [-0.05, 0) is 23.3 Å². The fourth-order valence-electron chi connectivity index (χ4n) is 4.67. The number of allylic oxidation sites excluding steroid dienone is 1. The minimum absolute atomic E-state index is 0.0271. The van der Waals surface area contributed by atoms with Gasteiger partial charge in [0.2, 0.25) is 0 Å². The molecule has 0 saturated carbocycles. The molecule has 2 N–H and O–H groups in total. The van der Waals surface area contributed by atoms with E-state index >= 15 is 0 Å². The molecule has 1 saturated heterocycles. The van der Waals surface area contributed by atoms with E-state index in [2.05, 4.69) is 86.5 Å². The summed E-state index contributed by atoms with van der Waals surface area (Å²) in [5.74, 6) is 0.560. The van der Waals surface area contributed by atoms with E-state index in [-0.39, 0.29) is 23.1 Å². The highest BCUT2D eigenvalue weighted by molar-refractivity contribution is 8.23. The van der Waals surface area contributed by atoms with E-state index < -0.39 is 0 Å². The lowest BCUT2D eigenvalue weighted by Gasteiger charge is -2.40. The molecule has 5 rings (SSSR count). The van der Waals surface area contributed by atoms with Crippen LogP contribution in [0, 0.1) is 11.3 Å². The number of nitrogens with one attached hydrogen (secondary N) is 1. The molecule has 2 heterocycles. The van der Waals surface area contributed by atoms with Crippen LogP contribution < -0.4 is 0 Å². The number of nitriles is 1. The summed E-state index contributed by atoms with van der Waals surface area (Å²) >= 11 is 7.08. The van der Waals surface area contributed by atoms with Crippen molar-refractivity contribution in [1.82, 2.24) is 19.8 Å². The molecule has 3 aromatic carbocycles. The number of nitrogens with zero attached hydrogens (tertiary/aromatic N) is 4. The van der Waals surface area contributed by atoms with Crippen LogP contribution in [0.1, 0.15) is 23.0 Å². The zero-order valence-electron chi connectivity index (χ0n) is 20.2. The van der Waals surface area contributed by atoms with Crippen LogP contribution in [0.5, 0.6) is 0 Å². The molecular weight excluding hydrogens is 498 g/mol. The molecule has 186 valence electrons. The standard InChI is InChI=1S/C29H27N5OS2/c30-19-23(28-31-24-13-7-8-14-25(24)32-28)26(35)20-37-29(36)34-17-15-33(16-18-34)27(21-9-3-1-4-10-21)22-11-5-2-6-12-22/h1-14,27,35H,15-18,20H2,(H,31,32). The Bertz CT molecular complexity index is 1360. The Labute approximate surface area is 226 Å². The van der Waals surface area contributed by atoms with Gasteiger partial charge < -0.3 is 15.0 Å². The molecule has 0 atom stereocenters. The SMILES string of the molecule is N#CC(=C(O)CSC(=S)N1CCN(C(c2ccccc2)c2ccccc2)CC1)c1nc2ccccc2[nH]1. The van der Waals surface area contributed by atoms with Crippen LogP contribution in [0.2, 0.25) is 0 Å². The highest BCUT2D eigenvalue weighted by Gasteiger charge is 2.27. The number of aromatic nitrogens is 2. The molecule has 0 unspecified atom stereocenters. The van der Waals surface area contributed by atoms with Gasteiger partial charge >= 0.3 is 0 Å². The van der Waals surface area contributed by atoms with Crippen molar-refractivity contribution in [2.75, 3.05) is 31.9 Å². The average molecular weight is 526 g/mol. The van der Waals surface area contributed by atoms with Crippen molar-refractivity contribution in [3.05, 3.63) is 108 Å². The van der Waals surface area contributed by atoms with Gasteiger partial charge in [-0.2, -0.15) is 5.26 Å². The number of benzene rings is 3. The maximum Gasteiger partial charge on any atom is 0.152 e. The Morgan fingerprint density at radius 1 is 0.946 bits per heavy atom. The number of para-hydroxylation sites is 2. The second-order valence-corrected chi connectivity index (χ2v) is 10.4. The van der Waals surface area contributed by atoms with Crippen LogP contribution in [0.25, 0.3) is 16.6 Å². The summed E-state index contributed by atoms with van der Waals surface area (Å²) in [6.07, 6.45) is 0. The molecule has 1 aromatic heterocycles. The highest BCUT2D eigenvalue weighted by atomic mass is 32.2. The number of imidazole rings is 1. The lowest BCUT2D eigenvalue weighted by molar-refractivity contribution is 0.153. The molecule has 1 aliphatic heterocycles. The summed E-state index contributed by atoms with van der Waals surface area (Å²) in [5, 5.41) is 20.4. The van der Waals surface area contributed by atoms with Crippen LogP contribution in [-0.2, 0) is 0 Å². The number of aliphatic hydroxyl groups is 1. The van der Waals surface area contributed by atoms with Crippen LogP contribution >= 0.6 is 24.0 Å². The summed E-state index contributed by atoms with van der Waals surface area (Å²) < 4.78 is 0.726. The van der Waals surface area contributed by atoms with E-state index in [4.69, 9.17) is 12.2 Å². The second kappa shape index (κ2) is 11.6. The molecule has 0 radical (unpaired) electrons. The first-order valence-corrected chi connectivity index (χ1v) is 13.6. The normalized spacial score (nSPS) is 15.0. The lowest BCUT2D eigenvalue weighted by atomic mass is 9.96. The summed E-state index contributed by atoms with van der Waals surface area (Å²) in [6, 6.07) is 31.0. The Morgan fingerprint density at radius 3 is 2.14 bits per heavy atom. The van der Waals surface area contributed by atoms with Crippen LogP contribution in [0.3, 0.4) is 0 Å². The average Bonchev–Trinajstić information content (AvgIpc) is 3.38. The fourth-order valence-corrected chi connectivity index (χ4v) is 5.80. The molecule has 0 spiro atoms. The third-order valence-electron chi connectivity index (χ3n) is 6.53. The number of thioether (sulfide) groups is 1. The van der Waals surface area contributed by atoms with Crippen molar-refractivity contribution in [3.63, 3.8) is 0 Å². The number of H-pyrrole nitrogens is 1. The van der Waals surface area contributed by atoms with E-state index in [0.717, 1.165) is 41.5 Å². The largest absolute Gasteiger partial charge is 0.510 e. The molecular formula is C29H27N5OS2. The van der Waals surface area contributed by atoms with Gasteiger partial charge in [0.15, 0.2) is 5.82 Å². The quantitative estimate of drug-likeness (QED) is 0.188. The summed E-state index contributed by atoms with van der Waals surface area (Å²) in [5.41, 5.74) is 4.28. The Balaban J connectivity index is 1.22. The number of hydrogen-bond acceptors (Lipinski definition) is 6. The van der Waals surface area contributed by atoms with Crippen LogP contribution in [-0.4, -0.2) is 61.1 Å². The van der Waals surface area contributed by atoms with Crippen molar-refractivity contribution < 1.29 is 5.11 Å². The topological polar surface area (TPSA) is 79.2 Å². The summed E-state index contributed by atoms with van der Waals surface area (Å²) in [7, 11) is 0. The predicted molar refractivity (Wildman–Crippen MR) is 154 cm³/mol. The van der Waals surface area contributed by atoms with E-state index in [9.17, 15) is 10.4 Å². The molecule has 6 nitrogen and oxygen atoms in total. The van der Waals surface area contributed by atoms with Gasteiger partial charge in [-0.25, -0.2) is 4.98 Å². The van der Waals surface area contributed by atoms with Gasteiger partial charge in [0, 0.05) is 26.2 Å². The molecule has 0 amide bonds. The van der Waals surface area contributed by atoms with Crippen LogP contribution in [0.15, 0.2) is 90.7 Å². The van der Waals surface area contributed by atoms with Gasteiger partial charge in [-0.15, -0.1) is 0 Å². The van der Waals surface area contributed by atoms with Crippen molar-refractivity contribution in [2.45, 2.75) is 6.04 Å². The van der Waals surface area contributed by atoms with E-state index in [1.54, 1.807) is 0 Å². The van der Waals surface area contributed by atoms with Crippen molar-refractivity contribution in [1.29, 1.82) is 5.26 Å². The highest BCUT2D eigenvalue weighted by Crippen LogP contribution is 2.30. The number of fused-ring (bicyclic) bond motifs is 1. The van der Waals surface area contributed by atoms with Gasteiger partial charge in [-0.3, -0.25) is 4.90 Å². The van der Waals surface area contributed by atoms with Gasteiger partial charge in [0.05, 0.1) is 22.8 Å². The molecule has 8 heteroatoms. The fraction of sp³-hybridized carbons (Fsp3) is 0.207. The lowest BCUT2D eigenvalue weighted by Crippen LogP contribution is -2.48. The first kappa shape index (κ1) is 25.0. The zero-order valence-corrected chi connectivity index (χ0v) is 21.9. The molecule has 4 aromatic rings.